The molecule has 0 unspecified atom stereocenters. The summed E-state index contributed by atoms with van der Waals surface area (Å²) >= 11 is 0.207. The van der Waals surface area contributed by atoms with Gasteiger partial charge in [-0.1, -0.05) is 26.0 Å². The van der Waals surface area contributed by atoms with Gasteiger partial charge in [0.1, 0.15) is 0 Å². The highest BCUT2D eigenvalue weighted by molar-refractivity contribution is 8.13. The van der Waals surface area contributed by atoms with Crippen molar-refractivity contribution in [3.8, 4) is 0 Å². The van der Waals surface area contributed by atoms with Gasteiger partial charge in [-0.3, -0.25) is 4.79 Å². The Balaban J connectivity index is 2.73. The Morgan fingerprint density at radius 3 is 2.06 bits per heavy atom. The average Bonchev–Trinajstić information content (AvgIpc) is 2.17. The maximum atomic E-state index is 12.0. The molecular formula is C11H11F3OS. The van der Waals surface area contributed by atoms with E-state index in [-0.39, 0.29) is 11.8 Å². The van der Waals surface area contributed by atoms with Crippen LogP contribution in [0.4, 0.5) is 13.2 Å². The lowest BCUT2D eigenvalue weighted by atomic mass is 10.0. The molecule has 1 rings (SSSR count). The fourth-order valence-electron chi connectivity index (χ4n) is 1.09. The molecule has 1 aromatic carbocycles. The predicted octanol–water partition coefficient (Wildman–Crippen LogP) is 3.99. The van der Waals surface area contributed by atoms with Gasteiger partial charge in [0, 0.05) is 4.90 Å². The van der Waals surface area contributed by atoms with E-state index in [2.05, 4.69) is 0 Å². The summed E-state index contributed by atoms with van der Waals surface area (Å²) in [6, 6.07) is 6.53. The zero-order valence-corrected chi connectivity index (χ0v) is 9.65. The average molecular weight is 248 g/mol. The summed E-state index contributed by atoms with van der Waals surface area (Å²) < 4.78 is 35.9. The van der Waals surface area contributed by atoms with Crippen LogP contribution in [0.3, 0.4) is 0 Å². The van der Waals surface area contributed by atoms with Crippen LogP contribution in [-0.4, -0.2) is 11.3 Å². The van der Waals surface area contributed by atoms with Crippen molar-refractivity contribution in [1.29, 1.82) is 0 Å². The Hall–Kier alpha value is -0.970. The predicted molar refractivity (Wildman–Crippen MR) is 57.5 cm³/mol. The SMILES string of the molecule is CC(C)c1ccc(SC(=O)C(F)(F)F)cc1. The number of hydrogen-bond donors (Lipinski definition) is 0. The van der Waals surface area contributed by atoms with Gasteiger partial charge in [-0.05, 0) is 35.4 Å². The minimum absolute atomic E-state index is 0.207. The normalized spacial score (nSPS) is 11.9. The number of halogens is 3. The Bertz CT molecular complexity index is 368. The number of benzene rings is 1. The van der Waals surface area contributed by atoms with Crippen molar-refractivity contribution in [3.63, 3.8) is 0 Å². The van der Waals surface area contributed by atoms with Gasteiger partial charge in [0.2, 0.25) is 0 Å². The van der Waals surface area contributed by atoms with Crippen LogP contribution in [0, 0.1) is 0 Å². The monoisotopic (exact) mass is 248 g/mol. The zero-order valence-electron chi connectivity index (χ0n) is 8.84. The molecule has 0 saturated heterocycles. The summed E-state index contributed by atoms with van der Waals surface area (Å²) in [5.41, 5.74) is 1.03. The minimum atomic E-state index is -4.78. The molecule has 0 fully saturated rings. The van der Waals surface area contributed by atoms with Crippen molar-refractivity contribution < 1.29 is 18.0 Å². The van der Waals surface area contributed by atoms with Crippen molar-refractivity contribution in [2.45, 2.75) is 30.8 Å². The van der Waals surface area contributed by atoms with Crippen molar-refractivity contribution in [3.05, 3.63) is 29.8 Å². The van der Waals surface area contributed by atoms with Gasteiger partial charge in [-0.2, -0.15) is 13.2 Å². The molecule has 0 atom stereocenters. The molecule has 0 radical (unpaired) electrons. The lowest BCUT2D eigenvalue weighted by Gasteiger charge is -2.07. The van der Waals surface area contributed by atoms with Crippen LogP contribution in [0.15, 0.2) is 29.2 Å². The molecular weight excluding hydrogens is 237 g/mol. The second-order valence-electron chi connectivity index (χ2n) is 3.61. The first-order chi connectivity index (χ1) is 7.30. The number of alkyl halides is 3. The van der Waals surface area contributed by atoms with Gasteiger partial charge in [0.25, 0.3) is 5.12 Å². The van der Waals surface area contributed by atoms with Crippen molar-refractivity contribution in [2.75, 3.05) is 0 Å². The number of rotatable bonds is 2. The third kappa shape index (κ3) is 3.56. The zero-order chi connectivity index (χ0) is 12.3. The van der Waals surface area contributed by atoms with E-state index in [9.17, 15) is 18.0 Å². The van der Waals surface area contributed by atoms with Gasteiger partial charge in [0.05, 0.1) is 0 Å². The maximum Gasteiger partial charge on any atom is 0.461 e. The summed E-state index contributed by atoms with van der Waals surface area (Å²) in [4.78, 5) is 11.0. The number of carbonyl (C=O) groups is 1. The maximum absolute atomic E-state index is 12.0. The van der Waals surface area contributed by atoms with E-state index in [0.29, 0.717) is 10.8 Å². The molecule has 0 N–H and O–H groups in total. The number of hydrogen-bond acceptors (Lipinski definition) is 2. The highest BCUT2D eigenvalue weighted by Gasteiger charge is 2.38. The third-order valence-corrected chi connectivity index (χ3v) is 2.91. The lowest BCUT2D eigenvalue weighted by molar-refractivity contribution is -0.160. The molecule has 0 spiro atoms. The molecule has 0 heterocycles. The molecule has 0 aliphatic heterocycles. The molecule has 16 heavy (non-hydrogen) atoms. The van der Waals surface area contributed by atoms with E-state index in [1.807, 2.05) is 13.8 Å². The molecule has 1 aromatic rings. The first kappa shape index (κ1) is 13.1. The van der Waals surface area contributed by atoms with E-state index < -0.39 is 11.3 Å². The summed E-state index contributed by atoms with van der Waals surface area (Å²) in [6.07, 6.45) is -4.78. The van der Waals surface area contributed by atoms with Crippen molar-refractivity contribution in [1.82, 2.24) is 0 Å². The largest absolute Gasteiger partial charge is 0.461 e. The fraction of sp³-hybridized carbons (Fsp3) is 0.364. The molecule has 1 nitrogen and oxygen atoms in total. The van der Waals surface area contributed by atoms with Gasteiger partial charge in [-0.15, -0.1) is 0 Å². The number of thioether (sulfide) groups is 1. The molecule has 5 heteroatoms. The molecule has 0 saturated carbocycles. The lowest BCUT2D eigenvalue weighted by Crippen LogP contribution is -2.18. The van der Waals surface area contributed by atoms with Crippen LogP contribution >= 0.6 is 11.8 Å². The molecule has 0 amide bonds. The molecule has 88 valence electrons. The minimum Gasteiger partial charge on any atom is -0.276 e. The molecule has 0 aromatic heterocycles. The molecule has 0 aliphatic carbocycles. The second-order valence-corrected chi connectivity index (χ2v) is 4.66. The summed E-state index contributed by atoms with van der Waals surface area (Å²) in [5.74, 6) is 0.317. The molecule has 0 bridgehead atoms. The summed E-state index contributed by atoms with van der Waals surface area (Å²) in [7, 11) is 0. The second kappa shape index (κ2) is 4.91. The standard InChI is InChI=1S/C11H11F3OS/c1-7(2)8-3-5-9(6-4-8)16-10(15)11(12,13)14/h3-7H,1-2H3. The first-order valence-corrected chi connectivity index (χ1v) is 5.51. The van der Waals surface area contributed by atoms with Crippen LogP contribution in [0.5, 0.6) is 0 Å². The Morgan fingerprint density at radius 2 is 1.69 bits per heavy atom. The van der Waals surface area contributed by atoms with E-state index >= 15 is 0 Å². The third-order valence-electron chi connectivity index (χ3n) is 1.99. The quantitative estimate of drug-likeness (QED) is 0.736. The van der Waals surface area contributed by atoms with Gasteiger partial charge in [-0.25, -0.2) is 0 Å². The Labute approximate surface area is 96.0 Å². The Kier molecular flexibility index (Phi) is 4.02. The van der Waals surface area contributed by atoms with Gasteiger partial charge in [0.15, 0.2) is 0 Å². The fourth-order valence-corrected chi connectivity index (χ4v) is 1.69. The highest BCUT2D eigenvalue weighted by atomic mass is 32.2. The van der Waals surface area contributed by atoms with Crippen LogP contribution in [0.25, 0.3) is 0 Å². The first-order valence-electron chi connectivity index (χ1n) is 4.69. The van der Waals surface area contributed by atoms with E-state index in [0.717, 1.165) is 5.56 Å². The summed E-state index contributed by atoms with van der Waals surface area (Å²) in [5, 5.41) is -1.79. The Morgan fingerprint density at radius 1 is 1.19 bits per heavy atom. The van der Waals surface area contributed by atoms with Crippen molar-refractivity contribution >= 4 is 16.9 Å². The summed E-state index contributed by atoms with van der Waals surface area (Å²) in [6.45, 7) is 3.98. The van der Waals surface area contributed by atoms with Gasteiger partial charge >= 0.3 is 6.18 Å². The van der Waals surface area contributed by atoms with E-state index in [1.165, 1.54) is 12.1 Å². The number of carbonyl (C=O) groups excluding carboxylic acids is 1. The van der Waals surface area contributed by atoms with Gasteiger partial charge < -0.3 is 0 Å². The van der Waals surface area contributed by atoms with Crippen molar-refractivity contribution in [2.24, 2.45) is 0 Å². The van der Waals surface area contributed by atoms with E-state index in [4.69, 9.17) is 0 Å². The topological polar surface area (TPSA) is 17.1 Å². The van der Waals surface area contributed by atoms with E-state index in [1.54, 1.807) is 12.1 Å². The van der Waals surface area contributed by atoms with Crippen LogP contribution in [-0.2, 0) is 4.79 Å². The van der Waals surface area contributed by atoms with Crippen LogP contribution in [0.1, 0.15) is 25.3 Å². The van der Waals surface area contributed by atoms with Crippen LogP contribution in [0.2, 0.25) is 0 Å². The smallest absolute Gasteiger partial charge is 0.276 e. The van der Waals surface area contributed by atoms with Crippen LogP contribution < -0.4 is 0 Å². The molecule has 0 aliphatic rings. The highest BCUT2D eigenvalue weighted by Crippen LogP contribution is 2.29.